The third-order valence-electron chi connectivity index (χ3n) is 1.93. The Hall–Kier alpha value is -0.940. The van der Waals surface area contributed by atoms with Gasteiger partial charge in [0.2, 0.25) is 0 Å². The summed E-state index contributed by atoms with van der Waals surface area (Å²) in [4.78, 5) is 11.6. The van der Waals surface area contributed by atoms with E-state index in [-0.39, 0.29) is 21.6 Å². The highest BCUT2D eigenvalue weighted by molar-refractivity contribution is 9.10. The number of Topliss-reactive ketones (excluding diaryl/α,β-unsaturated/α-hetero) is 1. The summed E-state index contributed by atoms with van der Waals surface area (Å²) in [5.74, 6) is -0.585. The molecule has 1 aromatic rings. The standard InChI is InChI=1S/C10H11BrFNO2/c1-5(13)9(14)6-3-4-7(12)8(11)10(6)15-2/h3-5H,13H2,1-2H3. The zero-order valence-corrected chi connectivity index (χ0v) is 9.97. The van der Waals surface area contributed by atoms with Crippen molar-refractivity contribution in [1.82, 2.24) is 0 Å². The van der Waals surface area contributed by atoms with Crippen molar-refractivity contribution < 1.29 is 13.9 Å². The maximum absolute atomic E-state index is 13.1. The van der Waals surface area contributed by atoms with Gasteiger partial charge >= 0.3 is 0 Å². The summed E-state index contributed by atoms with van der Waals surface area (Å²) < 4.78 is 18.2. The second-order valence-corrected chi connectivity index (χ2v) is 3.89. The molecule has 0 aromatic heterocycles. The van der Waals surface area contributed by atoms with E-state index in [2.05, 4.69) is 15.9 Å². The number of ether oxygens (including phenoxy) is 1. The lowest BCUT2D eigenvalue weighted by molar-refractivity contribution is 0.0964. The maximum atomic E-state index is 13.1. The summed E-state index contributed by atoms with van der Waals surface area (Å²) in [7, 11) is 1.37. The molecule has 1 aromatic carbocycles. The van der Waals surface area contributed by atoms with Crippen LogP contribution in [0.1, 0.15) is 17.3 Å². The van der Waals surface area contributed by atoms with E-state index in [1.54, 1.807) is 6.92 Å². The van der Waals surface area contributed by atoms with Crippen LogP contribution >= 0.6 is 15.9 Å². The molecule has 0 amide bonds. The average Bonchev–Trinajstić information content (AvgIpc) is 2.20. The monoisotopic (exact) mass is 275 g/mol. The second-order valence-electron chi connectivity index (χ2n) is 3.10. The Morgan fingerprint density at radius 1 is 1.60 bits per heavy atom. The summed E-state index contributed by atoms with van der Waals surface area (Å²) in [6.07, 6.45) is 0. The lowest BCUT2D eigenvalue weighted by atomic mass is 10.0. The molecule has 1 atom stereocenters. The van der Waals surface area contributed by atoms with Crippen LogP contribution in [0, 0.1) is 5.82 Å². The zero-order chi connectivity index (χ0) is 11.6. The lowest BCUT2D eigenvalue weighted by Gasteiger charge is -2.11. The highest BCUT2D eigenvalue weighted by Crippen LogP contribution is 2.32. The summed E-state index contributed by atoms with van der Waals surface area (Å²) in [5.41, 5.74) is 5.74. The number of benzene rings is 1. The predicted octanol–water partition coefficient (Wildman–Crippen LogP) is 2.13. The molecule has 1 rings (SSSR count). The molecule has 0 aliphatic heterocycles. The van der Waals surface area contributed by atoms with Crippen molar-refractivity contribution in [2.45, 2.75) is 13.0 Å². The molecule has 0 fully saturated rings. The van der Waals surface area contributed by atoms with Crippen LogP contribution in [0.15, 0.2) is 16.6 Å². The number of rotatable bonds is 3. The van der Waals surface area contributed by atoms with Gasteiger partial charge in [-0.25, -0.2) is 4.39 Å². The minimum atomic E-state index is -0.642. The molecule has 2 N–H and O–H groups in total. The van der Waals surface area contributed by atoms with Gasteiger partial charge in [-0.1, -0.05) is 0 Å². The van der Waals surface area contributed by atoms with Gasteiger partial charge in [0, 0.05) is 0 Å². The van der Waals surface area contributed by atoms with E-state index in [4.69, 9.17) is 10.5 Å². The summed E-state index contributed by atoms with van der Waals surface area (Å²) in [6.45, 7) is 1.57. The molecule has 5 heteroatoms. The fraction of sp³-hybridized carbons (Fsp3) is 0.300. The fourth-order valence-electron chi connectivity index (χ4n) is 1.17. The van der Waals surface area contributed by atoms with Crippen LogP contribution in [0.4, 0.5) is 4.39 Å². The maximum Gasteiger partial charge on any atom is 0.182 e. The van der Waals surface area contributed by atoms with E-state index in [1.165, 1.54) is 19.2 Å². The smallest absolute Gasteiger partial charge is 0.182 e. The molecule has 0 radical (unpaired) electrons. The molecule has 0 saturated heterocycles. The number of carbonyl (C=O) groups excluding carboxylic acids is 1. The Kier molecular flexibility index (Phi) is 3.82. The zero-order valence-electron chi connectivity index (χ0n) is 8.38. The van der Waals surface area contributed by atoms with Crippen LogP contribution in [0.5, 0.6) is 5.75 Å². The number of halogens is 2. The van der Waals surface area contributed by atoms with Crippen LogP contribution in [0.2, 0.25) is 0 Å². The first kappa shape index (κ1) is 12.1. The van der Waals surface area contributed by atoms with E-state index in [9.17, 15) is 9.18 Å². The van der Waals surface area contributed by atoms with Gasteiger partial charge in [-0.2, -0.15) is 0 Å². The van der Waals surface area contributed by atoms with Gasteiger partial charge in [0.05, 0.1) is 23.2 Å². The normalized spacial score (nSPS) is 12.3. The Balaban J connectivity index is 3.31. The summed E-state index contributed by atoms with van der Waals surface area (Å²) in [5, 5.41) is 0. The molecule has 0 aliphatic carbocycles. The van der Waals surface area contributed by atoms with Gasteiger partial charge < -0.3 is 10.5 Å². The number of hydrogen-bond acceptors (Lipinski definition) is 3. The third-order valence-corrected chi connectivity index (χ3v) is 2.67. The van der Waals surface area contributed by atoms with Gasteiger partial charge in [-0.05, 0) is 35.0 Å². The van der Waals surface area contributed by atoms with Crippen molar-refractivity contribution in [2.24, 2.45) is 5.73 Å². The van der Waals surface area contributed by atoms with Crippen LogP contribution in [0.3, 0.4) is 0 Å². The van der Waals surface area contributed by atoms with Crippen LogP contribution < -0.4 is 10.5 Å². The van der Waals surface area contributed by atoms with Crippen LogP contribution in [0.25, 0.3) is 0 Å². The highest BCUT2D eigenvalue weighted by atomic mass is 79.9. The Labute approximate surface area is 95.5 Å². The van der Waals surface area contributed by atoms with Crippen molar-refractivity contribution in [3.05, 3.63) is 28.0 Å². The highest BCUT2D eigenvalue weighted by Gasteiger charge is 2.19. The largest absolute Gasteiger partial charge is 0.495 e. The molecular formula is C10H11BrFNO2. The second kappa shape index (κ2) is 4.72. The van der Waals surface area contributed by atoms with Gasteiger partial charge in [-0.3, -0.25) is 4.79 Å². The quantitative estimate of drug-likeness (QED) is 0.860. The fourth-order valence-corrected chi connectivity index (χ4v) is 1.68. The molecule has 0 heterocycles. The third kappa shape index (κ3) is 2.35. The number of hydrogen-bond donors (Lipinski definition) is 1. The molecular weight excluding hydrogens is 265 g/mol. The van der Waals surface area contributed by atoms with E-state index in [1.807, 2.05) is 0 Å². The first-order valence-corrected chi connectivity index (χ1v) is 5.10. The Morgan fingerprint density at radius 3 is 2.67 bits per heavy atom. The van der Waals surface area contributed by atoms with Crippen molar-refractivity contribution in [2.75, 3.05) is 7.11 Å². The van der Waals surface area contributed by atoms with Crippen molar-refractivity contribution in [3.63, 3.8) is 0 Å². The van der Waals surface area contributed by atoms with Crippen molar-refractivity contribution in [1.29, 1.82) is 0 Å². The van der Waals surface area contributed by atoms with E-state index in [0.717, 1.165) is 0 Å². The van der Waals surface area contributed by atoms with Crippen LogP contribution in [-0.2, 0) is 0 Å². The van der Waals surface area contributed by atoms with E-state index in [0.29, 0.717) is 0 Å². The van der Waals surface area contributed by atoms with Gasteiger partial charge in [0.15, 0.2) is 5.78 Å². The first-order valence-electron chi connectivity index (χ1n) is 4.30. The van der Waals surface area contributed by atoms with Gasteiger partial charge in [-0.15, -0.1) is 0 Å². The Bertz CT molecular complexity index is 393. The molecule has 15 heavy (non-hydrogen) atoms. The minimum absolute atomic E-state index is 0.136. The minimum Gasteiger partial charge on any atom is -0.495 e. The summed E-state index contributed by atoms with van der Waals surface area (Å²) >= 11 is 3.02. The number of ketones is 1. The Morgan fingerprint density at radius 2 is 2.20 bits per heavy atom. The number of methoxy groups -OCH3 is 1. The lowest BCUT2D eigenvalue weighted by Crippen LogP contribution is -2.27. The molecule has 0 saturated carbocycles. The van der Waals surface area contributed by atoms with Crippen molar-refractivity contribution >= 4 is 21.7 Å². The summed E-state index contributed by atoms with van der Waals surface area (Å²) in [6, 6.07) is 1.92. The predicted molar refractivity (Wildman–Crippen MR) is 58.6 cm³/mol. The first-order chi connectivity index (χ1) is 6.99. The molecule has 0 spiro atoms. The van der Waals surface area contributed by atoms with Gasteiger partial charge in [0.1, 0.15) is 11.6 Å². The average molecular weight is 276 g/mol. The molecule has 0 bridgehead atoms. The van der Waals surface area contributed by atoms with E-state index >= 15 is 0 Å². The molecule has 1 unspecified atom stereocenters. The number of nitrogens with two attached hydrogens (primary N) is 1. The van der Waals surface area contributed by atoms with Crippen molar-refractivity contribution in [3.8, 4) is 5.75 Å². The molecule has 3 nitrogen and oxygen atoms in total. The topological polar surface area (TPSA) is 52.3 Å². The van der Waals surface area contributed by atoms with Gasteiger partial charge in [0.25, 0.3) is 0 Å². The molecule has 82 valence electrons. The molecule has 0 aliphatic rings. The van der Waals surface area contributed by atoms with Crippen LogP contribution in [-0.4, -0.2) is 18.9 Å². The van der Waals surface area contributed by atoms with E-state index < -0.39 is 11.9 Å². The SMILES string of the molecule is COc1c(C(=O)C(C)N)ccc(F)c1Br. The number of carbonyl (C=O) groups is 1.